The van der Waals surface area contributed by atoms with E-state index < -0.39 is 0 Å². The van der Waals surface area contributed by atoms with Crippen LogP contribution < -0.4 is 4.74 Å². The van der Waals surface area contributed by atoms with Gasteiger partial charge in [-0.15, -0.1) is 0 Å². The van der Waals surface area contributed by atoms with Crippen molar-refractivity contribution in [2.45, 2.75) is 19.3 Å². The maximum Gasteiger partial charge on any atom is 0.119 e. The number of nitriles is 1. The monoisotopic (exact) mass is 221 g/mol. The Morgan fingerprint density at radius 1 is 1.20 bits per heavy atom. The summed E-state index contributed by atoms with van der Waals surface area (Å²) in [6.45, 7) is 0.734. The zero-order valence-corrected chi connectivity index (χ0v) is 9.54. The molecule has 0 aliphatic rings. The molecule has 1 aromatic rings. The van der Waals surface area contributed by atoms with E-state index in [-0.39, 0.29) is 0 Å². The van der Waals surface area contributed by atoms with Crippen LogP contribution in [0.25, 0.3) is 0 Å². The van der Waals surface area contributed by atoms with Gasteiger partial charge in [-0.1, -0.05) is 12.1 Å². The van der Waals surface area contributed by atoms with Crippen molar-refractivity contribution >= 4 is 12.6 Å². The number of thiol groups is 1. The maximum atomic E-state index is 8.50. The van der Waals surface area contributed by atoms with E-state index in [2.05, 4.69) is 18.7 Å². The molecular formula is C12H15NOS. The van der Waals surface area contributed by atoms with Crippen LogP contribution >= 0.6 is 12.6 Å². The molecule has 0 amide bonds. The molecule has 1 rings (SSSR count). The standard InChI is InChI=1S/C12H15NOS/c13-8-7-11-3-5-12(6-4-11)14-9-1-2-10-15/h3-6,15H,1-2,7,9-10H2. The first-order chi connectivity index (χ1) is 7.36. The fourth-order valence-electron chi connectivity index (χ4n) is 1.20. The van der Waals surface area contributed by atoms with E-state index in [1.807, 2.05) is 24.3 Å². The Labute approximate surface area is 96.3 Å². The fraction of sp³-hybridized carbons (Fsp3) is 0.417. The van der Waals surface area contributed by atoms with Gasteiger partial charge >= 0.3 is 0 Å². The largest absolute Gasteiger partial charge is 0.494 e. The quantitative estimate of drug-likeness (QED) is 0.592. The molecule has 0 heterocycles. The van der Waals surface area contributed by atoms with Gasteiger partial charge < -0.3 is 4.74 Å². The zero-order valence-electron chi connectivity index (χ0n) is 8.65. The van der Waals surface area contributed by atoms with Crippen molar-refractivity contribution in [1.29, 1.82) is 5.26 Å². The number of hydrogen-bond donors (Lipinski definition) is 1. The molecule has 3 heteroatoms. The third-order valence-corrected chi connectivity index (χ3v) is 2.34. The number of hydrogen-bond acceptors (Lipinski definition) is 3. The van der Waals surface area contributed by atoms with Crippen LogP contribution in [0.15, 0.2) is 24.3 Å². The minimum Gasteiger partial charge on any atom is -0.494 e. The smallest absolute Gasteiger partial charge is 0.119 e. The molecule has 0 radical (unpaired) electrons. The van der Waals surface area contributed by atoms with E-state index in [0.29, 0.717) is 6.42 Å². The first-order valence-corrected chi connectivity index (χ1v) is 5.69. The van der Waals surface area contributed by atoms with E-state index in [9.17, 15) is 0 Å². The number of benzene rings is 1. The van der Waals surface area contributed by atoms with Crippen molar-refractivity contribution in [2.24, 2.45) is 0 Å². The Bertz CT molecular complexity index is 315. The molecule has 0 saturated carbocycles. The summed E-state index contributed by atoms with van der Waals surface area (Å²) < 4.78 is 5.52. The summed E-state index contributed by atoms with van der Waals surface area (Å²) in [6.07, 6.45) is 2.57. The fourth-order valence-corrected chi connectivity index (χ4v) is 1.42. The van der Waals surface area contributed by atoms with Crippen molar-refractivity contribution in [3.8, 4) is 11.8 Å². The molecule has 80 valence electrons. The van der Waals surface area contributed by atoms with Crippen molar-refractivity contribution < 1.29 is 4.74 Å². The summed E-state index contributed by atoms with van der Waals surface area (Å²) in [5.41, 5.74) is 1.03. The molecule has 0 N–H and O–H groups in total. The highest BCUT2D eigenvalue weighted by Crippen LogP contribution is 2.12. The molecule has 1 aromatic carbocycles. The molecule has 0 bridgehead atoms. The molecule has 0 atom stereocenters. The lowest BCUT2D eigenvalue weighted by Gasteiger charge is -2.05. The Morgan fingerprint density at radius 2 is 1.93 bits per heavy atom. The molecular weight excluding hydrogens is 206 g/mol. The highest BCUT2D eigenvalue weighted by Gasteiger charge is 1.95. The van der Waals surface area contributed by atoms with E-state index in [1.165, 1.54) is 0 Å². The number of rotatable bonds is 6. The zero-order chi connectivity index (χ0) is 10.9. The van der Waals surface area contributed by atoms with Gasteiger partial charge in [0.2, 0.25) is 0 Å². The molecule has 0 spiro atoms. The third-order valence-electron chi connectivity index (χ3n) is 2.03. The van der Waals surface area contributed by atoms with E-state index in [0.717, 1.165) is 36.5 Å². The predicted octanol–water partition coefficient (Wildman–Crippen LogP) is 2.84. The van der Waals surface area contributed by atoms with Crippen LogP contribution in [-0.2, 0) is 6.42 Å². The summed E-state index contributed by atoms with van der Waals surface area (Å²) >= 11 is 4.13. The summed E-state index contributed by atoms with van der Waals surface area (Å²) in [5, 5.41) is 8.50. The second-order valence-corrected chi connectivity index (χ2v) is 3.71. The van der Waals surface area contributed by atoms with Crippen molar-refractivity contribution in [3.05, 3.63) is 29.8 Å². The van der Waals surface area contributed by atoms with Gasteiger partial charge in [-0.2, -0.15) is 17.9 Å². The molecule has 2 nitrogen and oxygen atoms in total. The second-order valence-electron chi connectivity index (χ2n) is 3.26. The molecule has 0 saturated heterocycles. The van der Waals surface area contributed by atoms with Crippen LogP contribution in [0.2, 0.25) is 0 Å². The molecule has 0 fully saturated rings. The first kappa shape index (κ1) is 11.9. The Hall–Kier alpha value is -1.14. The highest BCUT2D eigenvalue weighted by molar-refractivity contribution is 7.80. The van der Waals surface area contributed by atoms with Crippen molar-refractivity contribution in [2.75, 3.05) is 12.4 Å². The summed E-state index contributed by atoms with van der Waals surface area (Å²) in [4.78, 5) is 0. The number of nitrogens with zero attached hydrogens (tertiary/aromatic N) is 1. The molecule has 0 aromatic heterocycles. The average Bonchev–Trinajstić information content (AvgIpc) is 2.27. The Balaban J connectivity index is 2.33. The van der Waals surface area contributed by atoms with Gasteiger partial charge in [-0.25, -0.2) is 0 Å². The van der Waals surface area contributed by atoms with Crippen LogP contribution in [0.5, 0.6) is 5.75 Å². The molecule has 0 unspecified atom stereocenters. The van der Waals surface area contributed by atoms with Crippen molar-refractivity contribution in [3.63, 3.8) is 0 Å². The van der Waals surface area contributed by atoms with Crippen LogP contribution in [0.3, 0.4) is 0 Å². The van der Waals surface area contributed by atoms with Gasteiger partial charge in [0.15, 0.2) is 0 Å². The molecule has 0 aliphatic carbocycles. The lowest BCUT2D eigenvalue weighted by molar-refractivity contribution is 0.310. The van der Waals surface area contributed by atoms with E-state index in [1.54, 1.807) is 0 Å². The van der Waals surface area contributed by atoms with Crippen molar-refractivity contribution in [1.82, 2.24) is 0 Å². The van der Waals surface area contributed by atoms with E-state index in [4.69, 9.17) is 10.00 Å². The van der Waals surface area contributed by atoms with Crippen LogP contribution in [-0.4, -0.2) is 12.4 Å². The summed E-state index contributed by atoms with van der Waals surface area (Å²) in [6, 6.07) is 9.79. The summed E-state index contributed by atoms with van der Waals surface area (Å²) in [5.74, 6) is 1.78. The first-order valence-electron chi connectivity index (χ1n) is 5.06. The SMILES string of the molecule is N#CCc1ccc(OCCCCS)cc1. The van der Waals surface area contributed by atoms with Gasteiger partial charge in [-0.05, 0) is 36.3 Å². The Kier molecular flexibility index (Phi) is 5.72. The van der Waals surface area contributed by atoms with E-state index >= 15 is 0 Å². The van der Waals surface area contributed by atoms with Gasteiger partial charge in [0, 0.05) is 0 Å². The maximum absolute atomic E-state index is 8.50. The van der Waals surface area contributed by atoms with Gasteiger partial charge in [0.05, 0.1) is 19.1 Å². The third kappa shape index (κ3) is 4.75. The minimum atomic E-state index is 0.458. The number of unbranched alkanes of at least 4 members (excludes halogenated alkanes) is 1. The molecule has 0 aliphatic heterocycles. The predicted molar refractivity (Wildman–Crippen MR) is 64.3 cm³/mol. The molecule has 15 heavy (non-hydrogen) atoms. The summed E-state index contributed by atoms with van der Waals surface area (Å²) in [7, 11) is 0. The normalized spacial score (nSPS) is 9.60. The highest BCUT2D eigenvalue weighted by atomic mass is 32.1. The number of ether oxygens (including phenoxy) is 1. The second kappa shape index (κ2) is 7.19. The van der Waals surface area contributed by atoms with Crippen LogP contribution in [0, 0.1) is 11.3 Å². The lowest BCUT2D eigenvalue weighted by atomic mass is 10.2. The van der Waals surface area contributed by atoms with Gasteiger partial charge in [-0.3, -0.25) is 0 Å². The van der Waals surface area contributed by atoms with Gasteiger partial charge in [0.1, 0.15) is 5.75 Å². The minimum absolute atomic E-state index is 0.458. The lowest BCUT2D eigenvalue weighted by Crippen LogP contribution is -1.97. The topological polar surface area (TPSA) is 33.0 Å². The Morgan fingerprint density at radius 3 is 2.53 bits per heavy atom. The average molecular weight is 221 g/mol. The van der Waals surface area contributed by atoms with Crippen LogP contribution in [0.4, 0.5) is 0 Å². The van der Waals surface area contributed by atoms with Gasteiger partial charge in [0.25, 0.3) is 0 Å². The van der Waals surface area contributed by atoms with Crippen LogP contribution in [0.1, 0.15) is 18.4 Å².